The molecule has 0 unspecified atom stereocenters. The van der Waals surface area contributed by atoms with Gasteiger partial charge in [-0.1, -0.05) is 12.1 Å². The maximum absolute atomic E-state index is 11.5. The minimum Gasteiger partial charge on any atom is -0.464 e. The smallest absolute Gasteiger partial charge is 0.357 e. The topological polar surface area (TPSA) is 65.2 Å². The molecule has 16 heavy (non-hydrogen) atoms. The molecule has 0 bridgehead atoms. The van der Waals surface area contributed by atoms with Crippen LogP contribution in [0, 0.1) is 6.92 Å². The Bertz CT molecular complexity index is 556. The van der Waals surface area contributed by atoms with Crippen LogP contribution in [-0.4, -0.2) is 18.1 Å². The number of ether oxygens (including phenoxy) is 1. The lowest BCUT2D eigenvalue weighted by atomic mass is 10.0. The lowest BCUT2D eigenvalue weighted by Gasteiger charge is -2.08. The number of benzene rings is 1. The van der Waals surface area contributed by atoms with E-state index < -0.39 is 5.97 Å². The zero-order valence-electron chi connectivity index (χ0n) is 9.15. The summed E-state index contributed by atoms with van der Waals surface area (Å²) in [6.45, 7) is 1.91. The van der Waals surface area contributed by atoms with Crippen LogP contribution >= 0.6 is 0 Å². The van der Waals surface area contributed by atoms with Gasteiger partial charge in [-0.15, -0.1) is 0 Å². The maximum atomic E-state index is 11.5. The number of nitrogen functional groups attached to an aromatic ring is 1. The summed E-state index contributed by atoms with van der Waals surface area (Å²) < 4.78 is 4.68. The van der Waals surface area contributed by atoms with Crippen molar-refractivity contribution in [2.75, 3.05) is 12.8 Å². The Balaban J connectivity index is 2.84. The zero-order valence-corrected chi connectivity index (χ0v) is 9.15. The van der Waals surface area contributed by atoms with Crippen LogP contribution in [0.25, 0.3) is 10.8 Å². The predicted octanol–water partition coefficient (Wildman–Crippen LogP) is 1.91. The van der Waals surface area contributed by atoms with E-state index in [-0.39, 0.29) is 0 Å². The number of carbonyl (C=O) groups is 1. The number of hydrogen-bond donors (Lipinski definition) is 1. The van der Waals surface area contributed by atoms with Crippen LogP contribution in [0.5, 0.6) is 0 Å². The van der Waals surface area contributed by atoms with E-state index in [0.29, 0.717) is 11.4 Å². The molecule has 82 valence electrons. The summed E-state index contributed by atoms with van der Waals surface area (Å²) in [6, 6.07) is 5.42. The summed E-state index contributed by atoms with van der Waals surface area (Å²) in [7, 11) is 1.34. The van der Waals surface area contributed by atoms with Crippen LogP contribution in [0.15, 0.2) is 24.4 Å². The molecule has 0 aliphatic carbocycles. The van der Waals surface area contributed by atoms with Crippen molar-refractivity contribution in [1.82, 2.24) is 4.98 Å². The van der Waals surface area contributed by atoms with Gasteiger partial charge in [-0.3, -0.25) is 0 Å². The van der Waals surface area contributed by atoms with E-state index in [4.69, 9.17) is 5.73 Å². The van der Waals surface area contributed by atoms with E-state index in [1.165, 1.54) is 7.11 Å². The van der Waals surface area contributed by atoms with Gasteiger partial charge in [0.15, 0.2) is 5.69 Å². The lowest BCUT2D eigenvalue weighted by Crippen LogP contribution is -2.06. The molecule has 0 radical (unpaired) electrons. The number of esters is 1. The Labute approximate surface area is 93.0 Å². The molecule has 0 atom stereocenters. The van der Waals surface area contributed by atoms with Gasteiger partial charge in [0.1, 0.15) is 0 Å². The molecule has 2 N–H and O–H groups in total. The number of pyridine rings is 1. The van der Waals surface area contributed by atoms with Crippen molar-refractivity contribution in [2.24, 2.45) is 0 Å². The Kier molecular flexibility index (Phi) is 2.48. The van der Waals surface area contributed by atoms with Crippen molar-refractivity contribution >= 4 is 22.4 Å². The molecule has 1 aromatic heterocycles. The quantitative estimate of drug-likeness (QED) is 0.584. The summed E-state index contributed by atoms with van der Waals surface area (Å²) in [5.74, 6) is -0.449. The number of nitrogens with two attached hydrogens (primary N) is 1. The second-order valence-corrected chi connectivity index (χ2v) is 3.55. The highest BCUT2D eigenvalue weighted by Crippen LogP contribution is 2.26. The first-order valence-corrected chi connectivity index (χ1v) is 4.87. The largest absolute Gasteiger partial charge is 0.464 e. The van der Waals surface area contributed by atoms with Gasteiger partial charge in [0.2, 0.25) is 0 Å². The molecule has 2 rings (SSSR count). The number of nitrogens with zero attached hydrogens (tertiary/aromatic N) is 1. The standard InChI is InChI=1S/C12H12N2O2/c1-7-6-14-11(12(15)16-2)8-4-3-5-9(13)10(7)8/h3-6H,13H2,1-2H3. The zero-order chi connectivity index (χ0) is 11.7. The van der Waals surface area contributed by atoms with Crippen molar-refractivity contribution < 1.29 is 9.53 Å². The number of rotatable bonds is 1. The van der Waals surface area contributed by atoms with E-state index in [9.17, 15) is 4.79 Å². The highest BCUT2D eigenvalue weighted by molar-refractivity contribution is 6.07. The fourth-order valence-corrected chi connectivity index (χ4v) is 1.76. The first-order chi connectivity index (χ1) is 7.65. The molecule has 0 amide bonds. The number of carbonyl (C=O) groups excluding carboxylic acids is 1. The third kappa shape index (κ3) is 1.48. The number of aryl methyl sites for hydroxylation is 1. The number of hydrogen-bond acceptors (Lipinski definition) is 4. The molecule has 0 aliphatic heterocycles. The molecule has 4 nitrogen and oxygen atoms in total. The average molecular weight is 216 g/mol. The van der Waals surface area contributed by atoms with Crippen LogP contribution in [-0.2, 0) is 4.74 Å². The van der Waals surface area contributed by atoms with Gasteiger partial charge in [-0.05, 0) is 18.6 Å². The number of aromatic nitrogens is 1. The third-order valence-electron chi connectivity index (χ3n) is 2.51. The predicted molar refractivity (Wildman–Crippen MR) is 62.2 cm³/mol. The minimum absolute atomic E-state index is 0.301. The van der Waals surface area contributed by atoms with Gasteiger partial charge in [0, 0.05) is 22.7 Å². The Hall–Kier alpha value is -2.10. The molecule has 2 aromatic rings. The van der Waals surface area contributed by atoms with E-state index in [1.54, 1.807) is 18.3 Å². The maximum Gasteiger partial charge on any atom is 0.357 e. The lowest BCUT2D eigenvalue weighted by molar-refractivity contribution is 0.0596. The Morgan fingerprint density at radius 1 is 1.44 bits per heavy atom. The van der Waals surface area contributed by atoms with Gasteiger partial charge in [-0.25, -0.2) is 9.78 Å². The van der Waals surface area contributed by atoms with Crippen LogP contribution in [0.4, 0.5) is 5.69 Å². The molecule has 0 aliphatic rings. The van der Waals surface area contributed by atoms with Crippen LogP contribution in [0.2, 0.25) is 0 Å². The molecular weight excluding hydrogens is 204 g/mol. The number of fused-ring (bicyclic) bond motifs is 1. The van der Waals surface area contributed by atoms with Crippen molar-refractivity contribution in [3.05, 3.63) is 35.7 Å². The van der Waals surface area contributed by atoms with Gasteiger partial charge in [0.25, 0.3) is 0 Å². The summed E-state index contributed by atoms with van der Waals surface area (Å²) in [6.07, 6.45) is 1.63. The molecule has 1 aromatic carbocycles. The van der Waals surface area contributed by atoms with E-state index in [0.717, 1.165) is 16.3 Å². The Morgan fingerprint density at radius 3 is 2.88 bits per heavy atom. The second kappa shape index (κ2) is 3.81. The first-order valence-electron chi connectivity index (χ1n) is 4.87. The fourth-order valence-electron chi connectivity index (χ4n) is 1.76. The van der Waals surface area contributed by atoms with Crippen molar-refractivity contribution in [2.45, 2.75) is 6.92 Å². The van der Waals surface area contributed by atoms with Gasteiger partial charge in [-0.2, -0.15) is 0 Å². The summed E-state index contributed by atoms with van der Waals surface area (Å²) in [4.78, 5) is 15.6. The van der Waals surface area contributed by atoms with Gasteiger partial charge >= 0.3 is 5.97 Å². The van der Waals surface area contributed by atoms with Crippen LogP contribution in [0.3, 0.4) is 0 Å². The summed E-state index contributed by atoms with van der Waals surface area (Å²) in [5, 5.41) is 1.59. The molecule has 0 saturated carbocycles. The molecule has 0 spiro atoms. The summed E-state index contributed by atoms with van der Waals surface area (Å²) in [5.41, 5.74) is 7.78. The molecule has 0 saturated heterocycles. The van der Waals surface area contributed by atoms with Crippen LogP contribution < -0.4 is 5.73 Å². The number of methoxy groups -OCH3 is 1. The molecule has 0 fully saturated rings. The SMILES string of the molecule is COC(=O)c1ncc(C)c2c(N)cccc12. The Morgan fingerprint density at radius 2 is 2.19 bits per heavy atom. The summed E-state index contributed by atoms with van der Waals surface area (Å²) >= 11 is 0. The minimum atomic E-state index is -0.449. The monoisotopic (exact) mass is 216 g/mol. The fraction of sp³-hybridized carbons (Fsp3) is 0.167. The number of anilines is 1. The van der Waals surface area contributed by atoms with Crippen LogP contribution in [0.1, 0.15) is 16.1 Å². The van der Waals surface area contributed by atoms with E-state index >= 15 is 0 Å². The molecule has 4 heteroatoms. The average Bonchev–Trinajstić information content (AvgIpc) is 2.28. The normalized spacial score (nSPS) is 10.4. The van der Waals surface area contributed by atoms with Crippen molar-refractivity contribution in [3.63, 3.8) is 0 Å². The van der Waals surface area contributed by atoms with Gasteiger partial charge in [0.05, 0.1) is 7.11 Å². The third-order valence-corrected chi connectivity index (χ3v) is 2.51. The first kappa shape index (κ1) is 10.4. The van der Waals surface area contributed by atoms with Gasteiger partial charge < -0.3 is 10.5 Å². The molecule has 1 heterocycles. The van der Waals surface area contributed by atoms with E-state index in [2.05, 4.69) is 9.72 Å². The van der Waals surface area contributed by atoms with Crippen molar-refractivity contribution in [1.29, 1.82) is 0 Å². The highest BCUT2D eigenvalue weighted by Gasteiger charge is 2.14. The van der Waals surface area contributed by atoms with Crippen molar-refractivity contribution in [3.8, 4) is 0 Å². The molecular formula is C12H12N2O2. The highest BCUT2D eigenvalue weighted by atomic mass is 16.5. The van der Waals surface area contributed by atoms with E-state index in [1.807, 2.05) is 13.0 Å². The second-order valence-electron chi connectivity index (χ2n) is 3.55.